The third-order valence-electron chi connectivity index (χ3n) is 2.86. The van der Waals surface area contributed by atoms with Gasteiger partial charge in [-0.25, -0.2) is 4.68 Å². The van der Waals surface area contributed by atoms with Gasteiger partial charge < -0.3 is 5.11 Å². The maximum atomic E-state index is 11.8. The first-order chi connectivity index (χ1) is 9.88. The van der Waals surface area contributed by atoms with E-state index in [1.54, 1.807) is 19.9 Å². The average molecular weight is 287 g/mol. The molecule has 108 valence electrons. The number of pyridine rings is 1. The van der Waals surface area contributed by atoms with Gasteiger partial charge in [-0.1, -0.05) is 0 Å². The van der Waals surface area contributed by atoms with Crippen LogP contribution in [0, 0.1) is 24.0 Å². The zero-order valence-corrected chi connectivity index (χ0v) is 11.5. The van der Waals surface area contributed by atoms with Crippen molar-refractivity contribution in [3.8, 4) is 5.75 Å². The van der Waals surface area contributed by atoms with E-state index in [0.29, 0.717) is 5.69 Å². The Morgan fingerprint density at radius 3 is 2.62 bits per heavy atom. The van der Waals surface area contributed by atoms with Gasteiger partial charge in [-0.05, 0) is 31.5 Å². The molecule has 0 saturated carbocycles. The molecule has 0 saturated heterocycles. The van der Waals surface area contributed by atoms with Crippen LogP contribution < -0.4 is 5.56 Å². The molecular formula is C14H13N3O4. The van der Waals surface area contributed by atoms with E-state index in [1.165, 1.54) is 30.5 Å². The molecule has 0 spiro atoms. The number of nitrogens with zero attached hydrogens (tertiary/aromatic N) is 3. The maximum absolute atomic E-state index is 11.8. The molecule has 1 heterocycles. The quantitative estimate of drug-likeness (QED) is 0.530. The van der Waals surface area contributed by atoms with Gasteiger partial charge in [0.05, 0.1) is 11.1 Å². The maximum Gasteiger partial charge on any atom is 0.271 e. The average Bonchev–Trinajstić information content (AvgIpc) is 2.39. The minimum Gasteiger partial charge on any atom is -0.507 e. The van der Waals surface area contributed by atoms with E-state index >= 15 is 0 Å². The monoisotopic (exact) mass is 287 g/mol. The van der Waals surface area contributed by atoms with Crippen molar-refractivity contribution in [1.29, 1.82) is 0 Å². The van der Waals surface area contributed by atoms with E-state index in [-0.39, 0.29) is 22.6 Å². The van der Waals surface area contributed by atoms with Crippen molar-refractivity contribution < 1.29 is 10.0 Å². The normalized spacial score (nSPS) is 11.0. The van der Waals surface area contributed by atoms with Crippen molar-refractivity contribution in [3.63, 3.8) is 0 Å². The highest BCUT2D eigenvalue weighted by atomic mass is 16.6. The van der Waals surface area contributed by atoms with Crippen molar-refractivity contribution in [3.05, 3.63) is 67.6 Å². The molecule has 0 aliphatic carbocycles. The number of aryl methyl sites for hydroxylation is 2. The molecule has 0 radical (unpaired) electrons. The van der Waals surface area contributed by atoms with Crippen LogP contribution in [0.5, 0.6) is 5.75 Å². The predicted molar refractivity (Wildman–Crippen MR) is 77.9 cm³/mol. The number of aromatic nitrogens is 1. The fourth-order valence-corrected chi connectivity index (χ4v) is 1.89. The zero-order chi connectivity index (χ0) is 15.6. The van der Waals surface area contributed by atoms with Gasteiger partial charge in [0, 0.05) is 29.5 Å². The SMILES string of the molecule is Cc1cc(C)n(/N=C/c2cc([N+](=O)[O-])ccc2O)c(=O)c1. The smallest absolute Gasteiger partial charge is 0.271 e. The first kappa shape index (κ1) is 14.4. The Balaban J connectivity index is 2.45. The summed E-state index contributed by atoms with van der Waals surface area (Å²) in [5.74, 6) is -0.151. The summed E-state index contributed by atoms with van der Waals surface area (Å²) in [6, 6.07) is 6.80. The van der Waals surface area contributed by atoms with Crippen molar-refractivity contribution in [2.75, 3.05) is 0 Å². The Morgan fingerprint density at radius 2 is 2.00 bits per heavy atom. The van der Waals surface area contributed by atoms with Crippen molar-refractivity contribution in [2.24, 2.45) is 5.10 Å². The summed E-state index contributed by atoms with van der Waals surface area (Å²) in [6.45, 7) is 3.52. The number of rotatable bonds is 3. The molecule has 7 nitrogen and oxygen atoms in total. The molecule has 2 aromatic rings. The lowest BCUT2D eigenvalue weighted by Crippen LogP contribution is -2.18. The van der Waals surface area contributed by atoms with Crippen LogP contribution >= 0.6 is 0 Å². The summed E-state index contributed by atoms with van der Waals surface area (Å²) < 4.78 is 1.16. The molecule has 0 unspecified atom stereocenters. The Bertz CT molecular complexity index is 793. The number of non-ortho nitro benzene ring substituents is 1. The standard InChI is InChI=1S/C14H13N3O4/c1-9-5-10(2)16(14(19)6-9)15-8-11-7-12(17(20)21)3-4-13(11)18/h3-8,18H,1-2H3/b15-8+. The van der Waals surface area contributed by atoms with E-state index < -0.39 is 4.92 Å². The van der Waals surface area contributed by atoms with Gasteiger partial charge in [0.1, 0.15) is 5.75 Å². The van der Waals surface area contributed by atoms with Gasteiger partial charge >= 0.3 is 0 Å². The van der Waals surface area contributed by atoms with Crippen LogP contribution in [0.25, 0.3) is 0 Å². The van der Waals surface area contributed by atoms with Crippen LogP contribution in [-0.2, 0) is 0 Å². The number of aromatic hydroxyl groups is 1. The number of nitro benzene ring substituents is 1. The molecule has 1 aromatic carbocycles. The lowest BCUT2D eigenvalue weighted by molar-refractivity contribution is -0.384. The molecule has 1 aromatic heterocycles. The Hall–Kier alpha value is -2.96. The fourth-order valence-electron chi connectivity index (χ4n) is 1.89. The van der Waals surface area contributed by atoms with Gasteiger partial charge in [-0.2, -0.15) is 5.10 Å². The molecule has 0 aliphatic heterocycles. The topological polar surface area (TPSA) is 97.7 Å². The Labute approximate surface area is 119 Å². The van der Waals surface area contributed by atoms with Crippen LogP contribution in [0.15, 0.2) is 40.2 Å². The van der Waals surface area contributed by atoms with Gasteiger partial charge in [0.15, 0.2) is 0 Å². The molecule has 0 fully saturated rings. The Kier molecular flexibility index (Phi) is 3.84. The molecule has 0 atom stereocenters. The highest BCUT2D eigenvalue weighted by molar-refractivity contribution is 5.84. The predicted octanol–water partition coefficient (Wildman–Crippen LogP) is 1.96. The number of nitro groups is 1. The summed E-state index contributed by atoms with van der Waals surface area (Å²) in [6.07, 6.45) is 1.21. The summed E-state index contributed by atoms with van der Waals surface area (Å²) in [5.41, 5.74) is 1.13. The lowest BCUT2D eigenvalue weighted by atomic mass is 10.2. The van der Waals surface area contributed by atoms with E-state index in [9.17, 15) is 20.0 Å². The second-order valence-electron chi connectivity index (χ2n) is 4.57. The Morgan fingerprint density at radius 1 is 1.29 bits per heavy atom. The number of phenols is 1. The third kappa shape index (κ3) is 3.14. The summed E-state index contributed by atoms with van der Waals surface area (Å²) in [5, 5.41) is 24.4. The number of hydrogen-bond acceptors (Lipinski definition) is 5. The summed E-state index contributed by atoms with van der Waals surface area (Å²) in [7, 11) is 0. The highest BCUT2D eigenvalue weighted by Gasteiger charge is 2.09. The molecular weight excluding hydrogens is 274 g/mol. The minimum absolute atomic E-state index is 0.151. The van der Waals surface area contributed by atoms with Crippen molar-refractivity contribution >= 4 is 11.9 Å². The zero-order valence-electron chi connectivity index (χ0n) is 11.5. The van der Waals surface area contributed by atoms with Gasteiger partial charge in [-0.15, -0.1) is 0 Å². The molecule has 0 aliphatic rings. The minimum atomic E-state index is -0.569. The number of hydrogen-bond donors (Lipinski definition) is 1. The second-order valence-corrected chi connectivity index (χ2v) is 4.57. The molecule has 1 N–H and O–H groups in total. The summed E-state index contributed by atoms with van der Waals surface area (Å²) >= 11 is 0. The van der Waals surface area contributed by atoms with E-state index in [2.05, 4.69) is 5.10 Å². The fraction of sp³-hybridized carbons (Fsp3) is 0.143. The molecule has 2 rings (SSSR count). The first-order valence-corrected chi connectivity index (χ1v) is 6.10. The van der Waals surface area contributed by atoms with Crippen LogP contribution in [0.4, 0.5) is 5.69 Å². The van der Waals surface area contributed by atoms with Crippen LogP contribution in [-0.4, -0.2) is 20.9 Å². The van der Waals surface area contributed by atoms with Crippen LogP contribution in [0.1, 0.15) is 16.8 Å². The first-order valence-electron chi connectivity index (χ1n) is 6.10. The van der Waals surface area contributed by atoms with E-state index in [4.69, 9.17) is 0 Å². The largest absolute Gasteiger partial charge is 0.507 e. The highest BCUT2D eigenvalue weighted by Crippen LogP contribution is 2.21. The van der Waals surface area contributed by atoms with Gasteiger partial charge in [0.2, 0.25) is 0 Å². The molecule has 21 heavy (non-hydrogen) atoms. The lowest BCUT2D eigenvalue weighted by Gasteiger charge is -2.04. The van der Waals surface area contributed by atoms with Crippen LogP contribution in [0.3, 0.4) is 0 Å². The molecule has 0 bridgehead atoms. The van der Waals surface area contributed by atoms with Gasteiger partial charge in [0.25, 0.3) is 11.2 Å². The van der Waals surface area contributed by atoms with E-state index in [0.717, 1.165) is 10.2 Å². The second kappa shape index (κ2) is 5.58. The van der Waals surface area contributed by atoms with E-state index in [1.807, 2.05) is 0 Å². The third-order valence-corrected chi connectivity index (χ3v) is 2.86. The molecule has 7 heteroatoms. The van der Waals surface area contributed by atoms with Crippen LogP contribution in [0.2, 0.25) is 0 Å². The van der Waals surface area contributed by atoms with Gasteiger partial charge in [-0.3, -0.25) is 14.9 Å². The van der Waals surface area contributed by atoms with Crippen molar-refractivity contribution in [1.82, 2.24) is 4.68 Å². The molecule has 0 amide bonds. The summed E-state index contributed by atoms with van der Waals surface area (Å²) in [4.78, 5) is 22.0. The number of phenolic OH excluding ortho intramolecular Hbond substituents is 1. The van der Waals surface area contributed by atoms with Crippen molar-refractivity contribution in [2.45, 2.75) is 13.8 Å². The number of benzene rings is 1.